The molecule has 4 aromatic rings. The fraction of sp³-hybridized carbons (Fsp3) is 0.118. The van der Waals surface area contributed by atoms with E-state index in [9.17, 15) is 9.18 Å². The van der Waals surface area contributed by atoms with Gasteiger partial charge in [-0.3, -0.25) is 0 Å². The molecule has 0 spiro atoms. The van der Waals surface area contributed by atoms with Gasteiger partial charge in [0.05, 0.1) is 11.9 Å². The first-order valence-corrected chi connectivity index (χ1v) is 8.01. The number of H-pyrrole nitrogens is 1. The molecule has 0 aliphatic rings. The van der Waals surface area contributed by atoms with E-state index in [1.54, 1.807) is 18.3 Å². The zero-order chi connectivity index (χ0) is 18.8. The molecule has 0 fully saturated rings. The van der Waals surface area contributed by atoms with Gasteiger partial charge in [0, 0.05) is 17.8 Å². The van der Waals surface area contributed by atoms with Crippen LogP contribution in [-0.4, -0.2) is 35.0 Å². The maximum Gasteiger partial charge on any atom is 0.365 e. The van der Waals surface area contributed by atoms with Gasteiger partial charge < -0.3 is 4.74 Å². The van der Waals surface area contributed by atoms with Crippen LogP contribution in [0.25, 0.3) is 11.5 Å². The Hall–Kier alpha value is -3.82. The van der Waals surface area contributed by atoms with E-state index in [-0.39, 0.29) is 6.61 Å². The molecule has 0 saturated heterocycles. The van der Waals surface area contributed by atoms with Gasteiger partial charge in [-0.25, -0.2) is 23.9 Å². The maximum absolute atomic E-state index is 13.0. The van der Waals surface area contributed by atoms with Gasteiger partial charge in [0.2, 0.25) is 5.88 Å². The molecule has 9 nitrogen and oxygen atoms in total. The second-order valence-electron chi connectivity index (χ2n) is 5.71. The lowest BCUT2D eigenvalue weighted by atomic mass is 10.1. The summed E-state index contributed by atoms with van der Waals surface area (Å²) in [5, 5.41) is 13.8. The highest BCUT2D eigenvalue weighted by molar-refractivity contribution is 5.44. The van der Waals surface area contributed by atoms with E-state index >= 15 is 0 Å². The lowest BCUT2D eigenvalue weighted by molar-refractivity contribution is 0.290. The van der Waals surface area contributed by atoms with Crippen LogP contribution in [0.5, 0.6) is 5.88 Å². The van der Waals surface area contributed by atoms with E-state index in [1.165, 1.54) is 21.5 Å². The molecule has 0 saturated carbocycles. The van der Waals surface area contributed by atoms with Gasteiger partial charge in [-0.15, -0.1) is 5.10 Å². The van der Waals surface area contributed by atoms with Gasteiger partial charge in [0.1, 0.15) is 12.4 Å². The molecule has 0 radical (unpaired) electrons. The molecule has 27 heavy (non-hydrogen) atoms. The molecule has 3 heterocycles. The van der Waals surface area contributed by atoms with E-state index in [2.05, 4.69) is 25.6 Å². The number of nitrogens with one attached hydrogen (secondary N) is 1. The monoisotopic (exact) mass is 367 g/mol. The SMILES string of the molecule is Cc1cccc(-n2nn[nH]c2=O)c1COc1ccn(-c2ccc(F)cn2)n1. The Balaban J connectivity index is 1.57. The third-order valence-electron chi connectivity index (χ3n) is 3.96. The van der Waals surface area contributed by atoms with E-state index in [1.807, 2.05) is 19.1 Å². The predicted octanol–water partition coefficient (Wildman–Crippen LogP) is 1.56. The zero-order valence-corrected chi connectivity index (χ0v) is 14.2. The van der Waals surface area contributed by atoms with Crippen LogP contribution < -0.4 is 10.4 Å². The number of aromatic nitrogens is 7. The fourth-order valence-electron chi connectivity index (χ4n) is 2.59. The summed E-state index contributed by atoms with van der Waals surface area (Å²) in [6.45, 7) is 2.09. The van der Waals surface area contributed by atoms with Crippen molar-refractivity contribution in [1.82, 2.24) is 35.0 Å². The number of hydrogen-bond acceptors (Lipinski definition) is 6. The third kappa shape index (κ3) is 3.32. The van der Waals surface area contributed by atoms with Crippen LogP contribution in [-0.2, 0) is 6.61 Å². The zero-order valence-electron chi connectivity index (χ0n) is 14.2. The van der Waals surface area contributed by atoms with Crippen molar-refractivity contribution in [3.63, 3.8) is 0 Å². The van der Waals surface area contributed by atoms with Crippen LogP contribution in [0, 0.1) is 12.7 Å². The Morgan fingerprint density at radius 2 is 2.11 bits per heavy atom. The molecule has 0 unspecified atom stereocenters. The van der Waals surface area contributed by atoms with E-state index in [4.69, 9.17) is 4.74 Å². The van der Waals surface area contributed by atoms with Crippen molar-refractivity contribution in [3.05, 3.63) is 76.2 Å². The van der Waals surface area contributed by atoms with Crippen molar-refractivity contribution in [2.75, 3.05) is 0 Å². The number of nitrogens with zero attached hydrogens (tertiary/aromatic N) is 6. The lowest BCUT2D eigenvalue weighted by Crippen LogP contribution is -2.18. The summed E-state index contributed by atoms with van der Waals surface area (Å²) in [5.41, 5.74) is 1.85. The van der Waals surface area contributed by atoms with Crippen molar-refractivity contribution >= 4 is 0 Å². The number of aryl methyl sites for hydroxylation is 1. The molecule has 0 bridgehead atoms. The van der Waals surface area contributed by atoms with Gasteiger partial charge in [-0.2, -0.15) is 4.68 Å². The first-order chi connectivity index (χ1) is 13.1. The maximum atomic E-state index is 13.0. The normalized spacial score (nSPS) is 10.9. The van der Waals surface area contributed by atoms with Crippen molar-refractivity contribution in [2.24, 2.45) is 0 Å². The number of benzene rings is 1. The number of tetrazole rings is 1. The molecule has 136 valence electrons. The van der Waals surface area contributed by atoms with Crippen LogP contribution in [0.15, 0.2) is 53.6 Å². The number of ether oxygens (including phenoxy) is 1. The second-order valence-corrected chi connectivity index (χ2v) is 5.71. The molecule has 10 heteroatoms. The highest BCUT2D eigenvalue weighted by Crippen LogP contribution is 2.19. The van der Waals surface area contributed by atoms with Crippen LogP contribution in [0.2, 0.25) is 0 Å². The van der Waals surface area contributed by atoms with Gasteiger partial charge in [0.15, 0.2) is 5.82 Å². The Labute approximate surface area is 152 Å². The quantitative estimate of drug-likeness (QED) is 0.574. The minimum atomic E-state index is -0.437. The molecule has 0 aliphatic heterocycles. The van der Waals surface area contributed by atoms with Gasteiger partial charge in [-0.1, -0.05) is 12.1 Å². The van der Waals surface area contributed by atoms with Crippen LogP contribution in [0.4, 0.5) is 4.39 Å². The molecule has 4 rings (SSSR count). The number of rotatable bonds is 5. The van der Waals surface area contributed by atoms with Crippen LogP contribution in [0.3, 0.4) is 0 Å². The van der Waals surface area contributed by atoms with E-state index in [0.717, 1.165) is 17.3 Å². The molecule has 3 aromatic heterocycles. The van der Waals surface area contributed by atoms with Gasteiger partial charge in [-0.05, 0) is 41.1 Å². The lowest BCUT2D eigenvalue weighted by Gasteiger charge is -2.11. The molecule has 1 aromatic carbocycles. The molecular weight excluding hydrogens is 353 g/mol. The highest BCUT2D eigenvalue weighted by Gasteiger charge is 2.13. The van der Waals surface area contributed by atoms with Crippen LogP contribution >= 0.6 is 0 Å². The van der Waals surface area contributed by atoms with Gasteiger partial charge >= 0.3 is 5.69 Å². The predicted molar refractivity (Wildman–Crippen MR) is 92.4 cm³/mol. The van der Waals surface area contributed by atoms with E-state index in [0.29, 0.717) is 17.4 Å². The Bertz CT molecular complexity index is 1130. The third-order valence-corrected chi connectivity index (χ3v) is 3.96. The smallest absolute Gasteiger partial charge is 0.365 e. The average molecular weight is 367 g/mol. The van der Waals surface area contributed by atoms with Crippen molar-refractivity contribution in [1.29, 1.82) is 0 Å². The van der Waals surface area contributed by atoms with E-state index < -0.39 is 11.5 Å². The summed E-state index contributed by atoms with van der Waals surface area (Å²) in [7, 11) is 0. The Morgan fingerprint density at radius 1 is 1.22 bits per heavy atom. The topological polar surface area (TPSA) is 104 Å². The summed E-state index contributed by atoms with van der Waals surface area (Å²) in [4.78, 5) is 15.8. The van der Waals surface area contributed by atoms with Crippen molar-refractivity contribution < 1.29 is 9.13 Å². The average Bonchev–Trinajstić information content (AvgIpc) is 3.30. The largest absolute Gasteiger partial charge is 0.472 e. The second kappa shape index (κ2) is 6.83. The molecule has 0 aliphatic carbocycles. The van der Waals surface area contributed by atoms with Crippen LogP contribution in [0.1, 0.15) is 11.1 Å². The number of pyridine rings is 1. The Kier molecular flexibility index (Phi) is 4.21. The summed E-state index contributed by atoms with van der Waals surface area (Å²) in [6.07, 6.45) is 2.78. The molecule has 0 amide bonds. The summed E-state index contributed by atoms with van der Waals surface area (Å²) in [5.74, 6) is 0.414. The number of halogens is 1. The minimum absolute atomic E-state index is 0.176. The minimum Gasteiger partial charge on any atom is -0.472 e. The standard InChI is InChI=1S/C17H14FN7O2/c1-11-3-2-4-14(25-17(26)20-22-23-25)13(11)10-27-16-7-8-24(21-16)15-6-5-12(18)9-19-15/h2-9H,10H2,1H3,(H,20,23,26). The molecular formula is C17H14FN7O2. The highest BCUT2D eigenvalue weighted by atomic mass is 19.1. The Morgan fingerprint density at radius 3 is 2.85 bits per heavy atom. The first kappa shape index (κ1) is 16.6. The fourth-order valence-corrected chi connectivity index (χ4v) is 2.59. The molecule has 1 N–H and O–H groups in total. The summed E-state index contributed by atoms with van der Waals surface area (Å²) >= 11 is 0. The number of hydrogen-bond donors (Lipinski definition) is 1. The molecule has 0 atom stereocenters. The first-order valence-electron chi connectivity index (χ1n) is 8.01. The summed E-state index contributed by atoms with van der Waals surface area (Å²) < 4.78 is 21.4. The summed E-state index contributed by atoms with van der Waals surface area (Å²) in [6, 6.07) is 9.99. The number of aromatic amines is 1. The van der Waals surface area contributed by atoms with Crippen molar-refractivity contribution in [2.45, 2.75) is 13.5 Å². The van der Waals surface area contributed by atoms with Gasteiger partial charge in [0.25, 0.3) is 0 Å². The van der Waals surface area contributed by atoms with Crippen molar-refractivity contribution in [3.8, 4) is 17.4 Å².